The monoisotopic (exact) mass is 606 g/mol. The summed E-state index contributed by atoms with van der Waals surface area (Å²) in [4.78, 5) is 0.534. The summed E-state index contributed by atoms with van der Waals surface area (Å²) >= 11 is 1.11. The summed E-state index contributed by atoms with van der Waals surface area (Å²) in [5.41, 5.74) is -1.15. The number of rotatable bonds is 9. The minimum absolute atomic E-state index is 0.149. The Bertz CT molecular complexity index is 1730. The Kier molecular flexibility index (Phi) is 8.28. The number of aryl methyl sites for hydroxylation is 1. The molecule has 10 heteroatoms. The average Bonchev–Trinajstić information content (AvgIpc) is 3.34. The first-order valence-electron chi connectivity index (χ1n) is 13.0. The van der Waals surface area contributed by atoms with Crippen molar-refractivity contribution in [1.29, 1.82) is 0 Å². The van der Waals surface area contributed by atoms with E-state index in [1.54, 1.807) is 6.07 Å². The van der Waals surface area contributed by atoms with E-state index in [0.29, 0.717) is 45.5 Å². The molecule has 0 amide bonds. The highest BCUT2D eigenvalue weighted by Crippen LogP contribution is 2.40. The summed E-state index contributed by atoms with van der Waals surface area (Å²) < 4.78 is 120. The van der Waals surface area contributed by atoms with Crippen molar-refractivity contribution in [3.8, 4) is 27.3 Å². The van der Waals surface area contributed by atoms with Crippen LogP contribution in [0.2, 0.25) is 0 Å². The van der Waals surface area contributed by atoms with Crippen LogP contribution in [0.25, 0.3) is 31.7 Å². The zero-order chi connectivity index (χ0) is 30.2. The number of hydrogen-bond acceptors (Lipinski definition) is 2. The van der Waals surface area contributed by atoms with Crippen molar-refractivity contribution < 1.29 is 39.9 Å². The second kappa shape index (κ2) is 11.8. The molecule has 0 spiro atoms. The summed E-state index contributed by atoms with van der Waals surface area (Å²) in [6, 6.07) is 12.7. The largest absolute Gasteiger partial charge is 0.432 e. The van der Waals surface area contributed by atoms with E-state index in [-0.39, 0.29) is 22.4 Å². The number of hydrogen-bond donors (Lipinski definition) is 0. The molecule has 1 heterocycles. The summed E-state index contributed by atoms with van der Waals surface area (Å²) in [7, 11) is 0. The fourth-order valence-corrected chi connectivity index (χ4v) is 5.74. The van der Waals surface area contributed by atoms with Gasteiger partial charge in [-0.15, -0.1) is 11.3 Å². The Morgan fingerprint density at radius 2 is 1.36 bits per heavy atom. The fraction of sp³-hybridized carbons (Fsp3) is 0.188. The summed E-state index contributed by atoms with van der Waals surface area (Å²) in [5.74, 6) is -8.52. The molecule has 4 aromatic carbocycles. The molecule has 0 saturated carbocycles. The van der Waals surface area contributed by atoms with Crippen LogP contribution < -0.4 is 4.74 Å². The first kappa shape index (κ1) is 29.6. The van der Waals surface area contributed by atoms with E-state index in [1.807, 2.05) is 6.92 Å². The molecule has 1 aromatic heterocycles. The standard InChI is InChI=1S/C32H22F8OS/c1-2-3-4-5-17-10-24(34)30(25(35)11-17)32(39,40)41-21-8-6-19-15-28(42-29(19)16-21)18-7-9-22(23(33)12-18)20-13-26(36)31(38)27(37)14-20/h6-16H,2-5H2,1H3. The van der Waals surface area contributed by atoms with Crippen LogP contribution in [-0.2, 0) is 12.5 Å². The van der Waals surface area contributed by atoms with Crippen LogP contribution in [0.3, 0.4) is 0 Å². The molecule has 0 fully saturated rings. The molecule has 0 unspecified atom stereocenters. The molecule has 0 saturated heterocycles. The molecular formula is C32H22F8OS. The van der Waals surface area contributed by atoms with E-state index in [1.165, 1.54) is 30.3 Å². The molecule has 0 aliphatic heterocycles. The maximum Gasteiger partial charge on any atom is 0.432 e. The summed E-state index contributed by atoms with van der Waals surface area (Å²) in [5, 5.41) is 0.603. The molecule has 218 valence electrons. The molecule has 1 nitrogen and oxygen atoms in total. The van der Waals surface area contributed by atoms with Gasteiger partial charge in [0.05, 0.1) is 0 Å². The fourth-order valence-electron chi connectivity index (χ4n) is 4.66. The van der Waals surface area contributed by atoms with E-state index in [2.05, 4.69) is 0 Å². The van der Waals surface area contributed by atoms with Gasteiger partial charge in [0.2, 0.25) is 0 Å². The van der Waals surface area contributed by atoms with E-state index < -0.39 is 46.6 Å². The Labute approximate surface area is 240 Å². The number of unbranched alkanes of at least 4 members (excludes halogenated alkanes) is 2. The predicted molar refractivity (Wildman–Crippen MR) is 147 cm³/mol. The maximum atomic E-state index is 15.0. The van der Waals surface area contributed by atoms with Crippen LogP contribution >= 0.6 is 11.3 Å². The van der Waals surface area contributed by atoms with Crippen molar-refractivity contribution in [3.63, 3.8) is 0 Å². The van der Waals surface area contributed by atoms with Crippen molar-refractivity contribution in [2.45, 2.75) is 38.7 Å². The van der Waals surface area contributed by atoms with E-state index in [0.717, 1.165) is 42.4 Å². The lowest BCUT2D eigenvalue weighted by atomic mass is 10.0. The number of fused-ring (bicyclic) bond motifs is 1. The van der Waals surface area contributed by atoms with Gasteiger partial charge in [0.25, 0.3) is 0 Å². The summed E-state index contributed by atoms with van der Waals surface area (Å²) in [6.45, 7) is 1.97. The molecule has 0 bridgehead atoms. The van der Waals surface area contributed by atoms with Crippen molar-refractivity contribution in [3.05, 3.63) is 113 Å². The predicted octanol–water partition coefficient (Wildman–Crippen LogP) is 10.9. The van der Waals surface area contributed by atoms with E-state index >= 15 is 0 Å². The van der Waals surface area contributed by atoms with Crippen LogP contribution in [0, 0.1) is 34.9 Å². The van der Waals surface area contributed by atoms with Crippen LogP contribution in [-0.4, -0.2) is 0 Å². The van der Waals surface area contributed by atoms with Crippen molar-refractivity contribution in [2.24, 2.45) is 0 Å². The highest BCUT2D eigenvalue weighted by molar-refractivity contribution is 7.22. The maximum absolute atomic E-state index is 15.0. The Morgan fingerprint density at radius 3 is 2.00 bits per heavy atom. The highest BCUT2D eigenvalue weighted by Gasteiger charge is 2.41. The number of thiophene rings is 1. The first-order valence-corrected chi connectivity index (χ1v) is 13.8. The average molecular weight is 607 g/mol. The lowest BCUT2D eigenvalue weighted by Crippen LogP contribution is -2.25. The number of halogens is 8. The van der Waals surface area contributed by atoms with Gasteiger partial charge in [-0.2, -0.15) is 8.78 Å². The molecule has 0 aliphatic carbocycles. The van der Waals surface area contributed by atoms with Crippen molar-refractivity contribution in [2.75, 3.05) is 0 Å². The van der Waals surface area contributed by atoms with E-state index in [4.69, 9.17) is 4.74 Å². The molecule has 5 aromatic rings. The second-order valence-electron chi connectivity index (χ2n) is 9.77. The van der Waals surface area contributed by atoms with Gasteiger partial charge in [-0.25, -0.2) is 26.3 Å². The third-order valence-electron chi connectivity index (χ3n) is 6.75. The molecule has 0 radical (unpaired) electrons. The van der Waals surface area contributed by atoms with Crippen LogP contribution in [0.1, 0.15) is 37.3 Å². The minimum atomic E-state index is -4.30. The van der Waals surface area contributed by atoms with Gasteiger partial charge < -0.3 is 4.74 Å². The zero-order valence-corrected chi connectivity index (χ0v) is 22.8. The topological polar surface area (TPSA) is 9.23 Å². The zero-order valence-electron chi connectivity index (χ0n) is 22.0. The number of benzene rings is 4. The molecule has 5 rings (SSSR count). The van der Waals surface area contributed by atoms with Gasteiger partial charge in [-0.05, 0) is 89.5 Å². The lowest BCUT2D eigenvalue weighted by molar-refractivity contribution is -0.189. The number of ether oxygens (including phenoxy) is 1. The molecule has 0 atom stereocenters. The van der Waals surface area contributed by atoms with Gasteiger partial charge in [-0.3, -0.25) is 0 Å². The Hall–Kier alpha value is -3.92. The molecule has 0 N–H and O–H groups in total. The van der Waals surface area contributed by atoms with Gasteiger partial charge in [0.1, 0.15) is 28.8 Å². The van der Waals surface area contributed by atoms with Gasteiger partial charge in [0.15, 0.2) is 17.5 Å². The van der Waals surface area contributed by atoms with E-state index in [9.17, 15) is 35.1 Å². The second-order valence-corrected chi connectivity index (χ2v) is 10.9. The molecule has 0 aliphatic rings. The van der Waals surface area contributed by atoms with Crippen LogP contribution in [0.4, 0.5) is 35.1 Å². The molecular weight excluding hydrogens is 584 g/mol. The minimum Gasteiger partial charge on any atom is -0.429 e. The lowest BCUT2D eigenvalue weighted by Gasteiger charge is -2.20. The normalized spacial score (nSPS) is 11.8. The first-order chi connectivity index (χ1) is 20.0. The van der Waals surface area contributed by atoms with Gasteiger partial charge in [0, 0.05) is 15.1 Å². The van der Waals surface area contributed by atoms with Crippen LogP contribution in [0.5, 0.6) is 5.75 Å². The van der Waals surface area contributed by atoms with Crippen molar-refractivity contribution >= 4 is 21.4 Å². The van der Waals surface area contributed by atoms with Gasteiger partial charge >= 0.3 is 6.11 Å². The van der Waals surface area contributed by atoms with Crippen molar-refractivity contribution in [1.82, 2.24) is 0 Å². The Morgan fingerprint density at radius 1 is 0.690 bits per heavy atom. The van der Waals surface area contributed by atoms with Crippen LogP contribution in [0.15, 0.2) is 66.7 Å². The number of alkyl halides is 2. The smallest absolute Gasteiger partial charge is 0.429 e. The van der Waals surface area contributed by atoms with Gasteiger partial charge in [-0.1, -0.05) is 31.9 Å². The SMILES string of the molecule is CCCCCc1cc(F)c(C(F)(F)Oc2ccc3cc(-c4ccc(-c5cc(F)c(F)c(F)c5)c(F)c4)sc3c2)c(F)c1. The molecule has 42 heavy (non-hydrogen) atoms. The third-order valence-corrected chi connectivity index (χ3v) is 7.89. The Balaban J connectivity index is 1.39. The highest BCUT2D eigenvalue weighted by atomic mass is 32.1. The summed E-state index contributed by atoms with van der Waals surface area (Å²) in [6.07, 6.45) is -1.52. The third kappa shape index (κ3) is 5.99. The quantitative estimate of drug-likeness (QED) is 0.0922.